The molecule has 12 atom stereocenters. The van der Waals surface area contributed by atoms with Crippen LogP contribution in [0.25, 0.3) is 0 Å². The molecular formula is C59H109NO13. The molecule has 14 heteroatoms. The number of aliphatic hydroxyl groups excluding tert-OH is 8. The van der Waals surface area contributed by atoms with Crippen LogP contribution < -0.4 is 5.32 Å². The van der Waals surface area contributed by atoms with Gasteiger partial charge in [0.1, 0.15) is 48.8 Å². The van der Waals surface area contributed by atoms with E-state index in [0.717, 1.165) is 44.9 Å². The highest BCUT2D eigenvalue weighted by Crippen LogP contribution is 2.30. The molecule has 2 aliphatic heterocycles. The largest absolute Gasteiger partial charge is 0.394 e. The first-order valence-electron chi connectivity index (χ1n) is 29.7. The van der Waals surface area contributed by atoms with E-state index in [4.69, 9.17) is 18.9 Å². The second kappa shape index (κ2) is 45.3. The topological polar surface area (TPSA) is 228 Å². The summed E-state index contributed by atoms with van der Waals surface area (Å²) in [6.45, 7) is 2.75. The highest BCUT2D eigenvalue weighted by molar-refractivity contribution is 5.76. The summed E-state index contributed by atoms with van der Waals surface area (Å²) in [7, 11) is 0. The van der Waals surface area contributed by atoms with E-state index in [1.165, 1.54) is 161 Å². The van der Waals surface area contributed by atoms with Gasteiger partial charge in [0.25, 0.3) is 0 Å². The van der Waals surface area contributed by atoms with Gasteiger partial charge in [-0.05, 0) is 44.9 Å². The van der Waals surface area contributed by atoms with E-state index in [1.54, 1.807) is 6.08 Å². The minimum Gasteiger partial charge on any atom is -0.394 e. The van der Waals surface area contributed by atoms with Crippen LogP contribution in [0.2, 0.25) is 0 Å². The molecule has 0 aromatic rings. The fourth-order valence-corrected chi connectivity index (χ4v) is 9.74. The lowest BCUT2D eigenvalue weighted by Gasteiger charge is -2.46. The molecule has 428 valence electrons. The van der Waals surface area contributed by atoms with E-state index in [2.05, 4.69) is 43.5 Å². The molecule has 2 rings (SSSR count). The predicted molar refractivity (Wildman–Crippen MR) is 291 cm³/mol. The number of allylic oxidation sites excluding steroid dienone is 5. The van der Waals surface area contributed by atoms with Gasteiger partial charge in [0.05, 0.1) is 32.0 Å². The molecular weight excluding hydrogens is 931 g/mol. The van der Waals surface area contributed by atoms with Gasteiger partial charge in [-0.15, -0.1) is 0 Å². The first-order chi connectivity index (χ1) is 35.6. The lowest BCUT2D eigenvalue weighted by molar-refractivity contribution is -0.359. The number of carbonyl (C=O) groups is 1. The molecule has 0 aromatic carbocycles. The van der Waals surface area contributed by atoms with Gasteiger partial charge in [-0.1, -0.05) is 224 Å². The molecule has 0 aliphatic carbocycles. The number of aliphatic hydroxyl groups is 8. The van der Waals surface area contributed by atoms with Crippen molar-refractivity contribution in [3.8, 4) is 0 Å². The Kier molecular flexibility index (Phi) is 41.7. The molecule has 2 aliphatic rings. The maximum Gasteiger partial charge on any atom is 0.220 e. The summed E-state index contributed by atoms with van der Waals surface area (Å²) in [6.07, 6.45) is 38.0. The van der Waals surface area contributed by atoms with E-state index in [-0.39, 0.29) is 18.9 Å². The zero-order valence-electron chi connectivity index (χ0n) is 45.9. The molecule has 2 fully saturated rings. The van der Waals surface area contributed by atoms with Crippen molar-refractivity contribution in [2.24, 2.45) is 0 Å². The number of rotatable bonds is 47. The van der Waals surface area contributed by atoms with Crippen LogP contribution in [0.1, 0.15) is 239 Å². The van der Waals surface area contributed by atoms with Crippen molar-refractivity contribution in [2.75, 3.05) is 19.8 Å². The third-order valence-electron chi connectivity index (χ3n) is 14.6. The Balaban J connectivity index is 1.69. The quantitative estimate of drug-likeness (QED) is 0.0205. The third-order valence-corrected chi connectivity index (χ3v) is 14.6. The zero-order valence-corrected chi connectivity index (χ0v) is 45.9. The second-order valence-electron chi connectivity index (χ2n) is 21.1. The first-order valence-corrected chi connectivity index (χ1v) is 29.7. The number of hydrogen-bond acceptors (Lipinski definition) is 13. The molecule has 0 saturated carbocycles. The highest BCUT2D eigenvalue weighted by Gasteiger charge is 2.51. The maximum absolute atomic E-state index is 13.1. The van der Waals surface area contributed by atoms with Crippen LogP contribution in [0.3, 0.4) is 0 Å². The molecule has 2 heterocycles. The number of carbonyl (C=O) groups excluding carboxylic acids is 1. The van der Waals surface area contributed by atoms with Crippen molar-refractivity contribution in [3.63, 3.8) is 0 Å². The minimum atomic E-state index is -1.79. The fourth-order valence-electron chi connectivity index (χ4n) is 9.74. The fraction of sp³-hybridized carbons (Fsp3) is 0.881. The van der Waals surface area contributed by atoms with E-state index in [1.807, 2.05) is 6.08 Å². The van der Waals surface area contributed by atoms with Gasteiger partial charge in [-0.3, -0.25) is 4.79 Å². The van der Waals surface area contributed by atoms with Gasteiger partial charge in [0.2, 0.25) is 5.91 Å². The monoisotopic (exact) mass is 1040 g/mol. The number of hydrogen-bond donors (Lipinski definition) is 9. The van der Waals surface area contributed by atoms with Crippen molar-refractivity contribution in [1.29, 1.82) is 0 Å². The molecule has 0 spiro atoms. The van der Waals surface area contributed by atoms with Crippen LogP contribution in [-0.4, -0.2) is 140 Å². The summed E-state index contributed by atoms with van der Waals surface area (Å²) < 4.78 is 22.7. The minimum absolute atomic E-state index is 0.256. The normalized spacial score (nSPS) is 25.6. The number of nitrogens with one attached hydrogen (secondary N) is 1. The Morgan fingerprint density at radius 1 is 0.479 bits per heavy atom. The van der Waals surface area contributed by atoms with Gasteiger partial charge < -0.3 is 65.1 Å². The van der Waals surface area contributed by atoms with Crippen molar-refractivity contribution in [1.82, 2.24) is 5.32 Å². The van der Waals surface area contributed by atoms with Crippen molar-refractivity contribution < 1.29 is 64.6 Å². The highest BCUT2D eigenvalue weighted by atomic mass is 16.7. The van der Waals surface area contributed by atoms with Gasteiger partial charge in [-0.25, -0.2) is 0 Å². The average molecular weight is 1040 g/mol. The van der Waals surface area contributed by atoms with Crippen LogP contribution in [0.15, 0.2) is 36.5 Å². The summed E-state index contributed by atoms with van der Waals surface area (Å²) in [5.74, 6) is -0.256. The molecule has 0 aromatic heterocycles. The molecule has 12 unspecified atom stereocenters. The molecule has 14 nitrogen and oxygen atoms in total. The Morgan fingerprint density at radius 3 is 1.34 bits per heavy atom. The van der Waals surface area contributed by atoms with E-state index < -0.39 is 86.8 Å². The third kappa shape index (κ3) is 31.3. The van der Waals surface area contributed by atoms with Crippen molar-refractivity contribution in [3.05, 3.63) is 36.5 Å². The summed E-state index contributed by atoms with van der Waals surface area (Å²) >= 11 is 0. The SMILES string of the molecule is CCCCCCCCCCCCCCCCCCCCCC/C=C/CC/C=C/CC/C=C/C(O)C(COC1OC(CO)C(OC2OC(CO)C(O)C(O)C2O)C(O)C1O)NC(=O)CCCCCCCCCCC. The average Bonchev–Trinajstić information content (AvgIpc) is 3.39. The Bertz CT molecular complexity index is 1370. The zero-order chi connectivity index (χ0) is 53.2. The molecule has 2 saturated heterocycles. The van der Waals surface area contributed by atoms with Gasteiger partial charge in [0.15, 0.2) is 12.6 Å². The molecule has 0 bridgehead atoms. The second-order valence-corrected chi connectivity index (χ2v) is 21.1. The maximum atomic E-state index is 13.1. The van der Waals surface area contributed by atoms with Gasteiger partial charge in [0, 0.05) is 6.42 Å². The molecule has 0 radical (unpaired) electrons. The van der Waals surface area contributed by atoms with Gasteiger partial charge >= 0.3 is 0 Å². The Hall–Kier alpha value is -1.79. The van der Waals surface area contributed by atoms with E-state index in [0.29, 0.717) is 12.8 Å². The number of ether oxygens (including phenoxy) is 4. The van der Waals surface area contributed by atoms with E-state index >= 15 is 0 Å². The Labute approximate surface area is 442 Å². The van der Waals surface area contributed by atoms with Crippen LogP contribution >= 0.6 is 0 Å². The van der Waals surface area contributed by atoms with Crippen LogP contribution in [0.4, 0.5) is 0 Å². The summed E-state index contributed by atoms with van der Waals surface area (Å²) in [5, 5.41) is 86.8. The molecule has 1 amide bonds. The smallest absolute Gasteiger partial charge is 0.220 e. The van der Waals surface area contributed by atoms with Crippen LogP contribution in [0.5, 0.6) is 0 Å². The van der Waals surface area contributed by atoms with Crippen LogP contribution in [-0.2, 0) is 23.7 Å². The lowest BCUT2D eigenvalue weighted by Crippen LogP contribution is -2.65. The molecule has 73 heavy (non-hydrogen) atoms. The van der Waals surface area contributed by atoms with Crippen LogP contribution in [0, 0.1) is 0 Å². The molecule has 9 N–H and O–H groups in total. The van der Waals surface area contributed by atoms with Gasteiger partial charge in [-0.2, -0.15) is 0 Å². The summed E-state index contributed by atoms with van der Waals surface area (Å²) in [4.78, 5) is 13.1. The first kappa shape index (κ1) is 67.3. The summed E-state index contributed by atoms with van der Waals surface area (Å²) in [5.41, 5.74) is 0. The lowest BCUT2D eigenvalue weighted by atomic mass is 9.97. The standard InChI is InChI=1S/C59H109NO13/c1-3-5-7-9-11-13-14-15-16-17-18-19-20-21-22-23-24-25-26-27-28-29-30-31-32-33-35-36-38-40-42-48(63)47(60-51(64)43-41-39-37-34-12-10-8-6-4-2)46-70-58-56(69)54(67)57(50(45-62)72-58)73-59-55(68)53(66)52(65)49(44-61)71-59/h29-30,33,35,40,42,47-50,52-59,61-63,65-69H,3-28,31-32,34,36-39,41,43-46H2,1-2H3,(H,60,64)/b30-29+,35-33+,42-40+. The van der Waals surface area contributed by atoms with E-state index in [9.17, 15) is 45.6 Å². The van der Waals surface area contributed by atoms with Crippen molar-refractivity contribution >= 4 is 5.91 Å². The number of amides is 1. The Morgan fingerprint density at radius 2 is 0.877 bits per heavy atom. The predicted octanol–water partition coefficient (Wildman–Crippen LogP) is 9.83. The number of unbranched alkanes of at least 4 members (excludes halogenated alkanes) is 30. The summed E-state index contributed by atoms with van der Waals surface area (Å²) in [6, 6.07) is -0.933. The van der Waals surface area contributed by atoms with Crippen molar-refractivity contribution in [2.45, 2.75) is 312 Å².